The molecular formula is C27H18BrF2N3O6. The lowest BCUT2D eigenvalue weighted by Crippen LogP contribution is -2.05. The van der Waals surface area contributed by atoms with Gasteiger partial charge in [0.25, 0.3) is 0 Å². The fraction of sp³-hybridized carbons (Fsp3) is 0.0741. The van der Waals surface area contributed by atoms with E-state index >= 15 is 0 Å². The molecule has 0 amide bonds. The Balaban J connectivity index is 0.000000216. The van der Waals surface area contributed by atoms with Crippen molar-refractivity contribution in [2.75, 3.05) is 14.2 Å². The van der Waals surface area contributed by atoms with Crippen molar-refractivity contribution in [1.29, 1.82) is 0 Å². The van der Waals surface area contributed by atoms with Crippen LogP contribution in [0.1, 0.15) is 20.7 Å². The van der Waals surface area contributed by atoms with E-state index in [9.17, 15) is 18.4 Å². The van der Waals surface area contributed by atoms with Crippen molar-refractivity contribution in [2.45, 2.75) is 0 Å². The summed E-state index contributed by atoms with van der Waals surface area (Å²) in [6, 6.07) is 13.5. The molecule has 0 unspecified atom stereocenters. The van der Waals surface area contributed by atoms with Crippen molar-refractivity contribution < 1.29 is 37.3 Å². The fourth-order valence-corrected chi connectivity index (χ4v) is 3.16. The zero-order valence-corrected chi connectivity index (χ0v) is 21.9. The predicted molar refractivity (Wildman–Crippen MR) is 138 cm³/mol. The first-order valence-corrected chi connectivity index (χ1v) is 11.6. The molecule has 9 nitrogen and oxygen atoms in total. The average molecular weight is 598 g/mol. The zero-order valence-electron chi connectivity index (χ0n) is 20.4. The van der Waals surface area contributed by atoms with Gasteiger partial charge in [0.15, 0.2) is 0 Å². The maximum atomic E-state index is 12.8. The van der Waals surface area contributed by atoms with E-state index in [2.05, 4.69) is 40.2 Å². The summed E-state index contributed by atoms with van der Waals surface area (Å²) in [5.74, 6) is -1.21. The number of carbonyl (C=O) groups excluding carboxylic acids is 2. The number of aromatic nitrogens is 2. The van der Waals surface area contributed by atoms with Crippen molar-refractivity contribution >= 4 is 33.6 Å². The highest BCUT2D eigenvalue weighted by Gasteiger charge is 2.17. The lowest BCUT2D eigenvalue weighted by atomic mass is 10.2. The molecule has 0 N–H and O–H groups in total. The van der Waals surface area contributed by atoms with E-state index in [0.29, 0.717) is 16.0 Å². The van der Waals surface area contributed by atoms with Crippen LogP contribution in [-0.4, -0.2) is 36.1 Å². The first kappa shape index (κ1) is 28.7. The van der Waals surface area contributed by atoms with Gasteiger partial charge in [0, 0.05) is 16.9 Å². The molecule has 0 fully saturated rings. The summed E-state index contributed by atoms with van der Waals surface area (Å²) in [6.07, 6.45) is 2.77. The van der Waals surface area contributed by atoms with Crippen LogP contribution in [0.2, 0.25) is 0 Å². The van der Waals surface area contributed by atoms with Crippen molar-refractivity contribution in [3.05, 3.63) is 112 Å². The van der Waals surface area contributed by atoms with Gasteiger partial charge in [-0.3, -0.25) is 0 Å². The van der Waals surface area contributed by atoms with Crippen LogP contribution in [0.5, 0.6) is 23.3 Å². The van der Waals surface area contributed by atoms with Crippen molar-refractivity contribution in [3.8, 4) is 23.3 Å². The Labute approximate surface area is 229 Å². The Morgan fingerprint density at radius 1 is 0.769 bits per heavy atom. The molecule has 4 rings (SSSR count). The summed E-state index contributed by atoms with van der Waals surface area (Å²) in [7, 11) is 2.49. The molecule has 0 atom stereocenters. The first-order valence-electron chi connectivity index (χ1n) is 10.8. The molecule has 2 aromatic heterocycles. The number of esters is 2. The number of rotatable bonds is 6. The Hall–Kier alpha value is -4.89. The van der Waals surface area contributed by atoms with Gasteiger partial charge in [-0.25, -0.2) is 33.2 Å². The Bertz CT molecular complexity index is 1510. The van der Waals surface area contributed by atoms with Crippen molar-refractivity contribution in [1.82, 2.24) is 9.97 Å². The molecule has 0 aliphatic heterocycles. The molecule has 0 saturated heterocycles. The van der Waals surface area contributed by atoms with Crippen molar-refractivity contribution in [2.24, 2.45) is 0 Å². The number of hydrogen-bond donors (Lipinski definition) is 0. The number of halogens is 3. The van der Waals surface area contributed by atoms with Crippen LogP contribution in [0.3, 0.4) is 0 Å². The third kappa shape index (κ3) is 8.05. The molecule has 0 bridgehead atoms. The van der Waals surface area contributed by atoms with E-state index < -0.39 is 17.8 Å². The van der Waals surface area contributed by atoms with E-state index in [1.807, 2.05) is 0 Å². The fourth-order valence-electron chi connectivity index (χ4n) is 2.83. The summed E-state index contributed by atoms with van der Waals surface area (Å²) in [5.41, 5.74) is 0.406. The van der Waals surface area contributed by atoms with Gasteiger partial charge in [0.1, 0.15) is 34.3 Å². The summed E-state index contributed by atoms with van der Waals surface area (Å²) in [5, 5.41) is 0. The third-order valence-corrected chi connectivity index (χ3v) is 5.08. The maximum Gasteiger partial charge on any atom is 0.343 e. The third-order valence-electron chi connectivity index (χ3n) is 4.65. The number of pyridine rings is 2. The van der Waals surface area contributed by atoms with E-state index in [4.69, 9.17) is 16.0 Å². The van der Waals surface area contributed by atoms with Crippen LogP contribution in [0.25, 0.3) is 4.85 Å². The SMILES string of the molecule is COC(=O)c1cc(Br)cnc1Oc1ccc(F)cc1.[C-]#[N+]c1cnc(Oc2ccc(F)cc2)c(C(=O)OC)c1. The largest absolute Gasteiger partial charge is 0.465 e. The molecule has 12 heteroatoms. The lowest BCUT2D eigenvalue weighted by molar-refractivity contribution is 0.0587. The molecule has 0 saturated carbocycles. The number of benzene rings is 2. The normalized spacial score (nSPS) is 9.85. The first-order chi connectivity index (χ1) is 18.7. The molecule has 0 aliphatic rings. The van der Waals surface area contributed by atoms with Gasteiger partial charge in [0.2, 0.25) is 17.4 Å². The van der Waals surface area contributed by atoms with E-state index in [0.717, 1.165) is 0 Å². The molecule has 0 spiro atoms. The summed E-state index contributed by atoms with van der Waals surface area (Å²) >= 11 is 3.21. The highest BCUT2D eigenvalue weighted by molar-refractivity contribution is 9.10. The molecular weight excluding hydrogens is 580 g/mol. The van der Waals surface area contributed by atoms with Crippen LogP contribution in [0, 0.1) is 18.2 Å². The van der Waals surface area contributed by atoms with Gasteiger partial charge < -0.3 is 18.9 Å². The molecule has 0 aliphatic carbocycles. The minimum Gasteiger partial charge on any atom is -0.465 e. The monoisotopic (exact) mass is 597 g/mol. The topological polar surface area (TPSA) is 101 Å². The number of hydrogen-bond acceptors (Lipinski definition) is 8. The second-order valence-electron chi connectivity index (χ2n) is 7.26. The Kier molecular flexibility index (Phi) is 10.00. The molecule has 39 heavy (non-hydrogen) atoms. The van der Waals surface area contributed by atoms with Gasteiger partial charge in [-0.05, 0) is 76.6 Å². The minimum atomic E-state index is -0.667. The average Bonchev–Trinajstić information content (AvgIpc) is 2.96. The van der Waals surface area contributed by atoms with Crippen LogP contribution >= 0.6 is 15.9 Å². The van der Waals surface area contributed by atoms with Gasteiger partial charge in [-0.1, -0.05) is 0 Å². The van der Waals surface area contributed by atoms with Crippen LogP contribution in [0.15, 0.2) is 77.5 Å². The molecule has 0 radical (unpaired) electrons. The number of methoxy groups -OCH3 is 2. The van der Waals surface area contributed by atoms with Crippen molar-refractivity contribution in [3.63, 3.8) is 0 Å². The van der Waals surface area contributed by atoms with Gasteiger partial charge >= 0.3 is 11.9 Å². The Morgan fingerprint density at radius 3 is 1.64 bits per heavy atom. The lowest BCUT2D eigenvalue weighted by Gasteiger charge is -2.09. The quantitative estimate of drug-likeness (QED) is 0.174. The van der Waals surface area contributed by atoms with Gasteiger partial charge in [-0.2, -0.15) is 0 Å². The molecule has 2 aromatic carbocycles. The standard InChI is InChI=1S/C14H9FN2O3.C13H9BrFNO3/c1-16-10-7-12(14(18)19-2)13(17-8-10)20-11-5-3-9(15)4-6-11;1-18-13(17)11-6-8(14)7-16-12(11)19-10-4-2-9(15)3-5-10/h3-8H,2H3;2-7H,1H3. The van der Waals surface area contributed by atoms with Gasteiger partial charge in [0.05, 0.1) is 20.8 Å². The summed E-state index contributed by atoms with van der Waals surface area (Å²) < 4.78 is 46.3. The van der Waals surface area contributed by atoms with E-state index in [1.54, 1.807) is 0 Å². The van der Waals surface area contributed by atoms with E-state index in [1.165, 1.54) is 87.3 Å². The van der Waals surface area contributed by atoms with Crippen LogP contribution in [0.4, 0.5) is 14.5 Å². The summed E-state index contributed by atoms with van der Waals surface area (Å²) in [4.78, 5) is 34.3. The maximum absolute atomic E-state index is 12.8. The number of ether oxygens (including phenoxy) is 4. The predicted octanol–water partition coefficient (Wildman–Crippen LogP) is 6.91. The van der Waals surface area contributed by atoms with Gasteiger partial charge in [-0.15, -0.1) is 0 Å². The second-order valence-corrected chi connectivity index (χ2v) is 8.18. The summed E-state index contributed by atoms with van der Waals surface area (Å²) in [6.45, 7) is 6.90. The van der Waals surface area contributed by atoms with E-state index in [-0.39, 0.29) is 34.4 Å². The second kappa shape index (κ2) is 13.6. The molecule has 4 aromatic rings. The number of carbonyl (C=O) groups is 2. The molecule has 198 valence electrons. The van der Waals surface area contributed by atoms with Crippen LogP contribution < -0.4 is 9.47 Å². The molecule has 2 heterocycles. The smallest absolute Gasteiger partial charge is 0.343 e. The van der Waals surface area contributed by atoms with Crippen LogP contribution in [-0.2, 0) is 9.47 Å². The highest BCUT2D eigenvalue weighted by Crippen LogP contribution is 2.28. The number of nitrogens with zero attached hydrogens (tertiary/aromatic N) is 3. The Morgan fingerprint density at radius 2 is 1.21 bits per heavy atom. The highest BCUT2D eigenvalue weighted by atomic mass is 79.9. The minimum absolute atomic E-state index is 0.00384. The zero-order chi connectivity index (χ0) is 28.4.